The van der Waals surface area contributed by atoms with Gasteiger partial charge in [0.25, 0.3) is 0 Å². The van der Waals surface area contributed by atoms with Crippen LogP contribution in [0.3, 0.4) is 0 Å². The quantitative estimate of drug-likeness (QED) is 0.769. The molecule has 0 saturated carbocycles. The summed E-state index contributed by atoms with van der Waals surface area (Å²) in [7, 11) is -3.64. The molecule has 8 heteroatoms. The van der Waals surface area contributed by atoms with Gasteiger partial charge in [0.05, 0.1) is 10.9 Å². The summed E-state index contributed by atoms with van der Waals surface area (Å²) in [5.41, 5.74) is 6.13. The average molecular weight is 390 g/mol. The number of hydrogen-bond acceptors (Lipinski definition) is 5. The van der Waals surface area contributed by atoms with E-state index in [1.54, 1.807) is 25.3 Å². The molecule has 3 N–H and O–H groups in total. The maximum atomic E-state index is 12.4. The minimum atomic E-state index is -3.64. The SMILES string of the molecule is CCc1cnc(C(C)NS(=O)(=O)c2ccc(N)cc2Br)s1. The Morgan fingerprint density at radius 1 is 1.48 bits per heavy atom. The van der Waals surface area contributed by atoms with Gasteiger partial charge in [-0.15, -0.1) is 11.3 Å². The third-order valence-electron chi connectivity index (χ3n) is 2.87. The molecule has 1 heterocycles. The number of aromatic nitrogens is 1. The fourth-order valence-corrected chi connectivity index (χ4v) is 5.00. The molecule has 2 aromatic rings. The van der Waals surface area contributed by atoms with E-state index in [1.807, 2.05) is 6.92 Å². The minimum Gasteiger partial charge on any atom is -0.399 e. The van der Waals surface area contributed by atoms with Crippen molar-refractivity contribution < 1.29 is 8.42 Å². The molecule has 1 aromatic heterocycles. The van der Waals surface area contributed by atoms with E-state index in [-0.39, 0.29) is 10.9 Å². The van der Waals surface area contributed by atoms with Crippen molar-refractivity contribution >= 4 is 43.0 Å². The molecule has 1 aromatic carbocycles. The lowest BCUT2D eigenvalue weighted by molar-refractivity contribution is 0.566. The van der Waals surface area contributed by atoms with Gasteiger partial charge in [-0.2, -0.15) is 0 Å². The number of nitrogens with two attached hydrogens (primary N) is 1. The molecule has 5 nitrogen and oxygen atoms in total. The molecular formula is C13H16BrN3O2S2. The molecule has 0 fully saturated rings. The standard InChI is InChI=1S/C13H16BrN3O2S2/c1-3-10-7-16-13(20-10)8(2)17-21(18,19)12-5-4-9(15)6-11(12)14/h4-8,17H,3,15H2,1-2H3. The highest BCUT2D eigenvalue weighted by molar-refractivity contribution is 9.10. The Bertz CT molecular complexity index is 744. The van der Waals surface area contributed by atoms with Crippen LogP contribution in [0.4, 0.5) is 5.69 Å². The molecule has 114 valence electrons. The van der Waals surface area contributed by atoms with Crippen LogP contribution in [-0.4, -0.2) is 13.4 Å². The number of nitrogen functional groups attached to an aromatic ring is 1. The summed E-state index contributed by atoms with van der Waals surface area (Å²) in [6.07, 6.45) is 2.67. The van der Waals surface area contributed by atoms with Crippen molar-refractivity contribution in [2.45, 2.75) is 31.2 Å². The number of thiazole rings is 1. The van der Waals surface area contributed by atoms with Crippen molar-refractivity contribution in [1.82, 2.24) is 9.71 Å². The molecule has 0 saturated heterocycles. The van der Waals surface area contributed by atoms with E-state index in [4.69, 9.17) is 5.73 Å². The Hall–Kier alpha value is -0.960. The zero-order valence-corrected chi connectivity index (χ0v) is 14.8. The average Bonchev–Trinajstić information content (AvgIpc) is 2.86. The first kappa shape index (κ1) is 16.4. The number of halogens is 1. The Labute approximate surface area is 136 Å². The summed E-state index contributed by atoms with van der Waals surface area (Å²) < 4.78 is 27.9. The van der Waals surface area contributed by atoms with E-state index in [1.165, 1.54) is 17.4 Å². The number of rotatable bonds is 5. The first-order valence-electron chi connectivity index (χ1n) is 6.35. The predicted octanol–water partition coefficient (Wildman–Crippen LogP) is 3.09. The summed E-state index contributed by atoms with van der Waals surface area (Å²) in [6, 6.07) is 4.22. The van der Waals surface area contributed by atoms with Gasteiger partial charge in [0.1, 0.15) is 5.01 Å². The second kappa shape index (κ2) is 6.43. The molecular weight excluding hydrogens is 374 g/mol. The number of sulfonamides is 1. The van der Waals surface area contributed by atoms with Crippen LogP contribution < -0.4 is 10.5 Å². The van der Waals surface area contributed by atoms with Crippen molar-refractivity contribution in [2.75, 3.05) is 5.73 Å². The monoisotopic (exact) mass is 389 g/mol. The van der Waals surface area contributed by atoms with Crippen LogP contribution in [0, 0.1) is 0 Å². The van der Waals surface area contributed by atoms with Crippen LogP contribution in [0.15, 0.2) is 33.8 Å². The smallest absolute Gasteiger partial charge is 0.242 e. The van der Waals surface area contributed by atoms with Gasteiger partial charge in [-0.1, -0.05) is 6.92 Å². The number of benzene rings is 1. The molecule has 2 rings (SSSR count). The van der Waals surface area contributed by atoms with E-state index in [9.17, 15) is 8.42 Å². The van der Waals surface area contributed by atoms with Gasteiger partial charge >= 0.3 is 0 Å². The highest BCUT2D eigenvalue weighted by atomic mass is 79.9. The number of anilines is 1. The highest BCUT2D eigenvalue weighted by Crippen LogP contribution is 2.27. The molecule has 1 unspecified atom stereocenters. The van der Waals surface area contributed by atoms with Crippen LogP contribution in [0.5, 0.6) is 0 Å². The lowest BCUT2D eigenvalue weighted by Gasteiger charge is -2.13. The zero-order chi connectivity index (χ0) is 15.6. The Morgan fingerprint density at radius 3 is 2.76 bits per heavy atom. The summed E-state index contributed by atoms with van der Waals surface area (Å²) in [5.74, 6) is 0. The highest BCUT2D eigenvalue weighted by Gasteiger charge is 2.22. The molecule has 0 aliphatic heterocycles. The van der Waals surface area contributed by atoms with E-state index in [0.29, 0.717) is 10.2 Å². The number of hydrogen-bond donors (Lipinski definition) is 2. The summed E-state index contributed by atoms with van der Waals surface area (Å²) >= 11 is 4.75. The van der Waals surface area contributed by atoms with Crippen molar-refractivity contribution in [2.24, 2.45) is 0 Å². The van der Waals surface area contributed by atoms with E-state index in [2.05, 4.69) is 25.6 Å². The molecule has 0 aliphatic rings. The minimum absolute atomic E-state index is 0.163. The number of nitrogens with one attached hydrogen (secondary N) is 1. The molecule has 0 spiro atoms. The second-order valence-corrected chi connectivity index (χ2v) is 8.23. The summed E-state index contributed by atoms with van der Waals surface area (Å²) in [4.78, 5) is 5.55. The van der Waals surface area contributed by atoms with Crippen LogP contribution in [-0.2, 0) is 16.4 Å². The summed E-state index contributed by atoms with van der Waals surface area (Å²) in [6.45, 7) is 3.82. The van der Waals surface area contributed by atoms with Crippen molar-refractivity contribution in [3.8, 4) is 0 Å². The van der Waals surface area contributed by atoms with Crippen LogP contribution in [0.2, 0.25) is 0 Å². The fraction of sp³-hybridized carbons (Fsp3) is 0.308. The molecule has 21 heavy (non-hydrogen) atoms. The van der Waals surface area contributed by atoms with Gasteiger partial charge in [-0.05, 0) is 47.5 Å². The van der Waals surface area contributed by atoms with Crippen molar-refractivity contribution in [1.29, 1.82) is 0 Å². The third-order valence-corrected chi connectivity index (χ3v) is 6.71. The molecule has 0 radical (unpaired) electrons. The lowest BCUT2D eigenvalue weighted by atomic mass is 10.3. The molecule has 0 bridgehead atoms. The van der Waals surface area contributed by atoms with Gasteiger partial charge < -0.3 is 5.73 Å². The number of nitrogens with zero attached hydrogens (tertiary/aromatic N) is 1. The van der Waals surface area contributed by atoms with E-state index in [0.717, 1.165) is 16.3 Å². The molecule has 0 aliphatic carbocycles. The molecule has 1 atom stereocenters. The van der Waals surface area contributed by atoms with Crippen LogP contribution in [0.25, 0.3) is 0 Å². The Kier molecular flexibility index (Phi) is 5.03. The predicted molar refractivity (Wildman–Crippen MR) is 88.8 cm³/mol. The largest absolute Gasteiger partial charge is 0.399 e. The van der Waals surface area contributed by atoms with E-state index < -0.39 is 10.0 Å². The maximum absolute atomic E-state index is 12.4. The first-order valence-corrected chi connectivity index (χ1v) is 9.44. The molecule has 0 amide bonds. The normalized spacial score (nSPS) is 13.3. The maximum Gasteiger partial charge on any atom is 0.242 e. The van der Waals surface area contributed by atoms with E-state index >= 15 is 0 Å². The fourth-order valence-electron chi connectivity index (χ4n) is 1.77. The Balaban J connectivity index is 2.24. The van der Waals surface area contributed by atoms with Gasteiger partial charge in [0, 0.05) is 21.2 Å². The van der Waals surface area contributed by atoms with Crippen molar-refractivity contribution in [3.05, 3.63) is 38.8 Å². The summed E-state index contributed by atoms with van der Waals surface area (Å²) in [5, 5.41) is 0.752. The Morgan fingerprint density at radius 2 is 2.19 bits per heavy atom. The second-order valence-electron chi connectivity index (χ2n) is 4.55. The van der Waals surface area contributed by atoms with Gasteiger partial charge in [-0.25, -0.2) is 18.1 Å². The van der Waals surface area contributed by atoms with Crippen LogP contribution >= 0.6 is 27.3 Å². The number of aryl methyl sites for hydroxylation is 1. The topological polar surface area (TPSA) is 85.1 Å². The van der Waals surface area contributed by atoms with Gasteiger partial charge in [-0.3, -0.25) is 0 Å². The van der Waals surface area contributed by atoms with Gasteiger partial charge in [0.15, 0.2) is 0 Å². The van der Waals surface area contributed by atoms with Gasteiger partial charge in [0.2, 0.25) is 10.0 Å². The third kappa shape index (κ3) is 3.82. The zero-order valence-electron chi connectivity index (χ0n) is 11.6. The van der Waals surface area contributed by atoms with Crippen LogP contribution in [0.1, 0.15) is 29.8 Å². The first-order chi connectivity index (χ1) is 9.83. The van der Waals surface area contributed by atoms with Crippen molar-refractivity contribution in [3.63, 3.8) is 0 Å². The lowest BCUT2D eigenvalue weighted by Crippen LogP contribution is -2.27.